The van der Waals surface area contributed by atoms with Crippen LogP contribution in [0.5, 0.6) is 0 Å². The third-order valence-corrected chi connectivity index (χ3v) is 5.14. The second-order valence-electron chi connectivity index (χ2n) is 5.97. The van der Waals surface area contributed by atoms with E-state index in [1.54, 1.807) is 0 Å². The number of carbonyl (C=O) groups excluding carboxylic acids is 2. The summed E-state index contributed by atoms with van der Waals surface area (Å²) in [6.45, 7) is 3.85. The molecular formula is C17H25N3O3S. The zero-order chi connectivity index (χ0) is 17.5. The van der Waals surface area contributed by atoms with Crippen LogP contribution in [0, 0.1) is 5.92 Å². The minimum atomic E-state index is -0.291. The summed E-state index contributed by atoms with van der Waals surface area (Å²) >= 11 is 1.35. The Morgan fingerprint density at radius 2 is 2.08 bits per heavy atom. The van der Waals surface area contributed by atoms with Crippen molar-refractivity contribution in [1.82, 2.24) is 16.0 Å². The molecule has 1 aliphatic heterocycles. The fraction of sp³-hybridized carbons (Fsp3) is 0.529. The third-order valence-electron chi connectivity index (χ3n) is 4.13. The van der Waals surface area contributed by atoms with Crippen LogP contribution in [0.15, 0.2) is 30.3 Å². The van der Waals surface area contributed by atoms with Gasteiger partial charge in [0, 0.05) is 12.6 Å². The first-order valence-electron chi connectivity index (χ1n) is 8.14. The van der Waals surface area contributed by atoms with Gasteiger partial charge in [-0.1, -0.05) is 30.3 Å². The molecule has 0 saturated carbocycles. The van der Waals surface area contributed by atoms with Gasteiger partial charge in [-0.15, -0.1) is 11.8 Å². The zero-order valence-corrected chi connectivity index (χ0v) is 14.8. The molecule has 0 bridgehead atoms. The van der Waals surface area contributed by atoms with Crippen molar-refractivity contribution in [2.24, 2.45) is 5.92 Å². The van der Waals surface area contributed by atoms with Crippen molar-refractivity contribution >= 4 is 23.6 Å². The molecule has 1 heterocycles. The summed E-state index contributed by atoms with van der Waals surface area (Å²) in [4.78, 5) is 24.1. The highest BCUT2D eigenvalue weighted by Crippen LogP contribution is 2.19. The van der Waals surface area contributed by atoms with E-state index in [1.165, 1.54) is 11.8 Å². The molecule has 1 fully saturated rings. The molecule has 132 valence electrons. The fourth-order valence-corrected chi connectivity index (χ4v) is 3.65. The number of rotatable bonds is 7. The van der Waals surface area contributed by atoms with Gasteiger partial charge in [0.2, 0.25) is 11.8 Å². The van der Waals surface area contributed by atoms with Gasteiger partial charge in [0.1, 0.15) is 5.50 Å². The number of carbonyl (C=O) groups is 2. The summed E-state index contributed by atoms with van der Waals surface area (Å²) in [5, 5.41) is 18.1. The van der Waals surface area contributed by atoms with E-state index in [9.17, 15) is 9.59 Å². The second-order valence-corrected chi connectivity index (χ2v) is 7.07. The van der Waals surface area contributed by atoms with Gasteiger partial charge in [-0.2, -0.15) is 0 Å². The maximum absolute atomic E-state index is 12.1. The minimum absolute atomic E-state index is 0.0122. The van der Waals surface area contributed by atoms with E-state index in [2.05, 4.69) is 16.0 Å². The van der Waals surface area contributed by atoms with E-state index in [0.717, 1.165) is 5.56 Å². The maximum atomic E-state index is 12.1. The molecule has 0 aliphatic carbocycles. The van der Waals surface area contributed by atoms with Crippen molar-refractivity contribution < 1.29 is 14.7 Å². The van der Waals surface area contributed by atoms with Crippen LogP contribution in [0.4, 0.5) is 0 Å². The molecule has 24 heavy (non-hydrogen) atoms. The van der Waals surface area contributed by atoms with Gasteiger partial charge in [0.05, 0.1) is 17.7 Å². The Hall–Kier alpha value is -1.57. The van der Waals surface area contributed by atoms with Crippen LogP contribution in [-0.4, -0.2) is 40.8 Å². The molecule has 1 aromatic carbocycles. The number of thioether (sulfide) groups is 1. The van der Waals surface area contributed by atoms with Crippen LogP contribution < -0.4 is 16.0 Å². The molecule has 6 nitrogen and oxygen atoms in total. The highest BCUT2D eigenvalue weighted by molar-refractivity contribution is 8.00. The van der Waals surface area contributed by atoms with Crippen molar-refractivity contribution in [3.05, 3.63) is 35.9 Å². The molecule has 1 aliphatic rings. The van der Waals surface area contributed by atoms with Gasteiger partial charge in [-0.05, 0) is 25.8 Å². The molecule has 7 heteroatoms. The van der Waals surface area contributed by atoms with Crippen molar-refractivity contribution in [3.8, 4) is 0 Å². The monoisotopic (exact) mass is 351 g/mol. The number of aliphatic hydroxyl groups is 1. The largest absolute Gasteiger partial charge is 0.396 e. The van der Waals surface area contributed by atoms with E-state index in [1.807, 2.05) is 44.2 Å². The van der Waals surface area contributed by atoms with Crippen molar-refractivity contribution in [1.29, 1.82) is 0 Å². The number of hydrogen-bond acceptors (Lipinski definition) is 5. The van der Waals surface area contributed by atoms with Gasteiger partial charge in [0.25, 0.3) is 0 Å². The Labute approximate surface area is 146 Å². The van der Waals surface area contributed by atoms with Crippen LogP contribution >= 0.6 is 11.8 Å². The van der Waals surface area contributed by atoms with E-state index in [0.29, 0.717) is 6.42 Å². The van der Waals surface area contributed by atoms with Crippen molar-refractivity contribution in [2.45, 2.75) is 37.8 Å². The van der Waals surface area contributed by atoms with Crippen LogP contribution in [0.2, 0.25) is 0 Å². The number of hydrogen-bond donors (Lipinski definition) is 4. The fourth-order valence-electron chi connectivity index (χ4n) is 2.74. The number of nitrogens with one attached hydrogen (secondary N) is 3. The summed E-state index contributed by atoms with van der Waals surface area (Å²) in [6, 6.07) is 9.69. The summed E-state index contributed by atoms with van der Waals surface area (Å²) in [7, 11) is 0. The van der Waals surface area contributed by atoms with Gasteiger partial charge < -0.3 is 15.7 Å². The Bertz CT molecular complexity index is 555. The minimum Gasteiger partial charge on any atom is -0.396 e. The Kier molecular flexibility index (Phi) is 7.08. The van der Waals surface area contributed by atoms with E-state index in [4.69, 9.17) is 5.11 Å². The predicted molar refractivity (Wildman–Crippen MR) is 95.2 cm³/mol. The molecule has 1 aromatic rings. The molecule has 1 saturated heterocycles. The molecule has 2 rings (SSSR count). The lowest BCUT2D eigenvalue weighted by Crippen LogP contribution is -2.59. The number of amides is 2. The summed E-state index contributed by atoms with van der Waals surface area (Å²) in [5.41, 5.74) is 0.764. The molecular weight excluding hydrogens is 326 g/mol. The predicted octanol–water partition coefficient (Wildman–Crippen LogP) is 0.987. The van der Waals surface area contributed by atoms with Crippen molar-refractivity contribution in [2.75, 3.05) is 12.4 Å². The average molecular weight is 351 g/mol. The molecule has 0 spiro atoms. The van der Waals surface area contributed by atoms with Crippen molar-refractivity contribution in [3.63, 3.8) is 0 Å². The topological polar surface area (TPSA) is 90.5 Å². The Morgan fingerprint density at radius 3 is 2.71 bits per heavy atom. The molecule has 2 amide bonds. The summed E-state index contributed by atoms with van der Waals surface area (Å²) < 4.78 is 0. The number of benzene rings is 1. The third kappa shape index (κ3) is 5.22. The van der Waals surface area contributed by atoms with Gasteiger partial charge >= 0.3 is 0 Å². The Balaban J connectivity index is 1.77. The van der Waals surface area contributed by atoms with Gasteiger partial charge in [-0.3, -0.25) is 14.9 Å². The van der Waals surface area contributed by atoms with Crippen LogP contribution in [0.3, 0.4) is 0 Å². The molecule has 4 atom stereocenters. The lowest BCUT2D eigenvalue weighted by atomic mass is 9.95. The standard InChI is InChI=1S/C17H25N3O3S/c1-11(13-6-4-3-5-7-13)18-15(22)10-24-17-19-12(2)14(8-9-21)16(23)20-17/h3-7,11-12,14,17,19,21H,8-10H2,1-2H3,(H,18,22)(H,20,23). The molecule has 4 unspecified atom stereocenters. The van der Waals surface area contributed by atoms with E-state index >= 15 is 0 Å². The highest BCUT2D eigenvalue weighted by atomic mass is 32.2. The molecule has 4 N–H and O–H groups in total. The first kappa shape index (κ1) is 18.8. The highest BCUT2D eigenvalue weighted by Gasteiger charge is 2.33. The summed E-state index contributed by atoms with van der Waals surface area (Å²) in [6.07, 6.45) is 0.437. The smallest absolute Gasteiger partial charge is 0.230 e. The van der Waals surface area contributed by atoms with Gasteiger partial charge in [-0.25, -0.2) is 0 Å². The lowest BCUT2D eigenvalue weighted by molar-refractivity contribution is -0.128. The maximum Gasteiger partial charge on any atom is 0.230 e. The van der Waals surface area contributed by atoms with Crippen LogP contribution in [0.1, 0.15) is 31.9 Å². The normalized spacial score (nSPS) is 25.0. The molecule has 0 radical (unpaired) electrons. The van der Waals surface area contributed by atoms with Gasteiger partial charge in [0.15, 0.2) is 0 Å². The van der Waals surface area contributed by atoms with Crippen LogP contribution in [-0.2, 0) is 9.59 Å². The number of aliphatic hydroxyl groups excluding tert-OH is 1. The second kappa shape index (κ2) is 9.05. The SMILES string of the molecule is CC(NC(=O)CSC1NC(=O)C(CCO)C(C)N1)c1ccccc1. The zero-order valence-electron chi connectivity index (χ0n) is 14.0. The first-order valence-corrected chi connectivity index (χ1v) is 9.19. The average Bonchev–Trinajstić information content (AvgIpc) is 2.57. The van der Waals surface area contributed by atoms with E-state index in [-0.39, 0.29) is 47.7 Å². The first-order chi connectivity index (χ1) is 11.5. The molecule has 0 aromatic heterocycles. The lowest BCUT2D eigenvalue weighted by Gasteiger charge is -2.35. The van der Waals surface area contributed by atoms with Crippen LogP contribution in [0.25, 0.3) is 0 Å². The Morgan fingerprint density at radius 1 is 1.38 bits per heavy atom. The quantitative estimate of drug-likeness (QED) is 0.588. The van der Waals surface area contributed by atoms with E-state index < -0.39 is 0 Å². The summed E-state index contributed by atoms with van der Waals surface area (Å²) in [5.74, 6) is -0.130.